The van der Waals surface area contributed by atoms with Crippen LogP contribution in [0, 0.1) is 5.41 Å². The van der Waals surface area contributed by atoms with Gasteiger partial charge in [0.1, 0.15) is 0 Å². The Morgan fingerprint density at radius 3 is 2.71 bits per heavy atom. The summed E-state index contributed by atoms with van der Waals surface area (Å²) in [4.78, 5) is 16.6. The van der Waals surface area contributed by atoms with Crippen LogP contribution in [0.25, 0.3) is 0 Å². The number of ether oxygens (including phenoxy) is 1. The van der Waals surface area contributed by atoms with Crippen molar-refractivity contribution in [3.05, 3.63) is 0 Å². The number of nitrogens with one attached hydrogen (secondary N) is 1. The van der Waals surface area contributed by atoms with Crippen LogP contribution < -0.4 is 5.32 Å². The molecule has 0 aliphatic carbocycles. The normalized spacial score (nSPS) is 24.5. The van der Waals surface area contributed by atoms with Crippen molar-refractivity contribution >= 4 is 5.91 Å². The quantitative estimate of drug-likeness (QED) is 0.718. The number of hydrogen-bond acceptors (Lipinski definition) is 5. The van der Waals surface area contributed by atoms with E-state index in [1.54, 1.807) is 0 Å². The lowest BCUT2D eigenvalue weighted by atomic mass is 9.81. The van der Waals surface area contributed by atoms with Crippen LogP contribution in [0.2, 0.25) is 0 Å². The van der Waals surface area contributed by atoms with Crippen LogP contribution in [0.15, 0.2) is 0 Å². The Morgan fingerprint density at radius 1 is 1.24 bits per heavy atom. The minimum absolute atomic E-state index is 0.0684. The van der Waals surface area contributed by atoms with Gasteiger partial charge >= 0.3 is 0 Å². The molecule has 2 heterocycles. The molecular formula is C15H29N3O3. The second-order valence-corrected chi connectivity index (χ2v) is 6.48. The number of carbonyl (C=O) groups is 1. The number of hydrogen-bond donors (Lipinski definition) is 2. The third kappa shape index (κ3) is 5.21. The monoisotopic (exact) mass is 299 g/mol. The summed E-state index contributed by atoms with van der Waals surface area (Å²) < 4.78 is 5.34. The summed E-state index contributed by atoms with van der Waals surface area (Å²) in [6.07, 6.45) is 2.75. The van der Waals surface area contributed by atoms with Crippen molar-refractivity contribution < 1.29 is 14.6 Å². The first-order valence-corrected chi connectivity index (χ1v) is 8.00. The molecule has 0 spiro atoms. The molecule has 1 amide bonds. The van der Waals surface area contributed by atoms with Gasteiger partial charge in [-0.25, -0.2) is 0 Å². The van der Waals surface area contributed by atoms with E-state index >= 15 is 0 Å². The molecule has 122 valence electrons. The molecule has 0 saturated carbocycles. The molecule has 2 N–H and O–H groups in total. The van der Waals surface area contributed by atoms with Gasteiger partial charge in [0.2, 0.25) is 5.91 Å². The van der Waals surface area contributed by atoms with Crippen molar-refractivity contribution in [2.75, 3.05) is 66.1 Å². The van der Waals surface area contributed by atoms with Gasteiger partial charge in [-0.2, -0.15) is 0 Å². The summed E-state index contributed by atoms with van der Waals surface area (Å²) in [6, 6.07) is 0. The average Bonchev–Trinajstić information content (AvgIpc) is 2.71. The molecular weight excluding hydrogens is 270 g/mol. The highest BCUT2D eigenvalue weighted by Gasteiger charge is 2.32. The Hall–Kier alpha value is -0.690. The van der Waals surface area contributed by atoms with Gasteiger partial charge in [-0.3, -0.25) is 9.69 Å². The van der Waals surface area contributed by atoms with Crippen LogP contribution in [-0.2, 0) is 9.53 Å². The highest BCUT2D eigenvalue weighted by molar-refractivity contribution is 5.78. The maximum atomic E-state index is 12.1. The molecule has 2 rings (SSSR count). The predicted octanol–water partition coefficient (Wildman–Crippen LogP) is -0.471. The maximum Gasteiger partial charge on any atom is 0.234 e. The molecule has 0 radical (unpaired) electrons. The number of aliphatic hydroxyl groups is 1. The molecule has 0 atom stereocenters. The Morgan fingerprint density at radius 2 is 2.00 bits per heavy atom. The molecule has 2 fully saturated rings. The van der Waals surface area contributed by atoms with Gasteiger partial charge in [0, 0.05) is 38.3 Å². The lowest BCUT2D eigenvalue weighted by Gasteiger charge is -2.35. The number of amides is 1. The summed E-state index contributed by atoms with van der Waals surface area (Å²) in [6.45, 7) is 6.54. The lowest BCUT2D eigenvalue weighted by molar-refractivity contribution is -0.123. The van der Waals surface area contributed by atoms with Gasteiger partial charge in [-0.1, -0.05) is 0 Å². The summed E-state index contributed by atoms with van der Waals surface area (Å²) in [5.74, 6) is 0.0684. The highest BCUT2D eigenvalue weighted by Crippen LogP contribution is 2.28. The number of likely N-dealkylation sites (N-methyl/N-ethyl adjacent to an activating group) is 1. The van der Waals surface area contributed by atoms with Gasteiger partial charge in [0.15, 0.2) is 0 Å². The smallest absolute Gasteiger partial charge is 0.234 e. The molecule has 0 aromatic rings. The molecule has 0 aromatic heterocycles. The summed E-state index contributed by atoms with van der Waals surface area (Å²) in [5, 5.41) is 12.6. The molecule has 6 heteroatoms. The van der Waals surface area contributed by atoms with Gasteiger partial charge in [-0.15, -0.1) is 0 Å². The summed E-state index contributed by atoms with van der Waals surface area (Å²) in [5.41, 5.74) is -0.188. The first kappa shape index (κ1) is 16.7. The van der Waals surface area contributed by atoms with Crippen molar-refractivity contribution in [1.29, 1.82) is 0 Å². The molecule has 21 heavy (non-hydrogen) atoms. The van der Waals surface area contributed by atoms with Gasteiger partial charge in [0.05, 0.1) is 13.2 Å². The standard InChI is InChI=1S/C15H29N3O3/c1-17-5-2-6-18(8-7-17)11-14(20)16-12-15(13-19)3-9-21-10-4-15/h19H,2-13H2,1H3,(H,16,20). The first-order valence-electron chi connectivity index (χ1n) is 8.00. The van der Waals surface area contributed by atoms with Crippen molar-refractivity contribution in [2.24, 2.45) is 5.41 Å². The van der Waals surface area contributed by atoms with E-state index in [2.05, 4.69) is 22.2 Å². The van der Waals surface area contributed by atoms with Crippen molar-refractivity contribution in [1.82, 2.24) is 15.1 Å². The second-order valence-electron chi connectivity index (χ2n) is 6.48. The lowest BCUT2D eigenvalue weighted by Crippen LogP contribution is -2.46. The van der Waals surface area contributed by atoms with E-state index in [4.69, 9.17) is 4.74 Å². The highest BCUT2D eigenvalue weighted by atomic mass is 16.5. The van der Waals surface area contributed by atoms with Crippen LogP contribution in [0.3, 0.4) is 0 Å². The molecule has 0 aromatic carbocycles. The topological polar surface area (TPSA) is 65.0 Å². The number of rotatable bonds is 5. The minimum Gasteiger partial charge on any atom is -0.396 e. The maximum absolute atomic E-state index is 12.1. The molecule has 6 nitrogen and oxygen atoms in total. The zero-order valence-corrected chi connectivity index (χ0v) is 13.1. The fourth-order valence-electron chi connectivity index (χ4n) is 3.00. The van der Waals surface area contributed by atoms with Crippen molar-refractivity contribution in [3.8, 4) is 0 Å². The SMILES string of the molecule is CN1CCCN(CC(=O)NCC2(CO)CCOCC2)CC1. The Balaban J connectivity index is 1.73. The van der Waals surface area contributed by atoms with E-state index in [1.165, 1.54) is 0 Å². The zero-order valence-electron chi connectivity index (χ0n) is 13.1. The van der Waals surface area contributed by atoms with Gasteiger partial charge in [0.25, 0.3) is 0 Å². The molecule has 2 aliphatic rings. The average molecular weight is 299 g/mol. The Kier molecular flexibility index (Phi) is 6.41. The van der Waals surface area contributed by atoms with E-state index < -0.39 is 0 Å². The molecule has 0 bridgehead atoms. The van der Waals surface area contributed by atoms with E-state index in [-0.39, 0.29) is 17.9 Å². The third-order valence-corrected chi connectivity index (χ3v) is 4.73. The fraction of sp³-hybridized carbons (Fsp3) is 0.933. The van der Waals surface area contributed by atoms with Crippen LogP contribution in [-0.4, -0.2) is 87.0 Å². The van der Waals surface area contributed by atoms with Crippen molar-refractivity contribution in [3.63, 3.8) is 0 Å². The van der Waals surface area contributed by atoms with Gasteiger partial charge < -0.3 is 20.1 Å². The number of carbonyl (C=O) groups excluding carboxylic acids is 1. The first-order chi connectivity index (χ1) is 10.1. The van der Waals surface area contributed by atoms with E-state index in [1.807, 2.05) is 0 Å². The van der Waals surface area contributed by atoms with Crippen molar-refractivity contribution in [2.45, 2.75) is 19.3 Å². The molecule has 0 unspecified atom stereocenters. The largest absolute Gasteiger partial charge is 0.396 e. The zero-order chi connectivity index (χ0) is 15.1. The van der Waals surface area contributed by atoms with Gasteiger partial charge in [-0.05, 0) is 39.4 Å². The fourth-order valence-corrected chi connectivity index (χ4v) is 3.00. The Labute approximate surface area is 127 Å². The Bertz CT molecular complexity index is 332. The number of nitrogens with zero attached hydrogens (tertiary/aromatic N) is 2. The van der Waals surface area contributed by atoms with Crippen LogP contribution >= 0.6 is 0 Å². The number of aliphatic hydroxyl groups excluding tert-OH is 1. The predicted molar refractivity (Wildman–Crippen MR) is 81.1 cm³/mol. The molecule has 2 saturated heterocycles. The van der Waals surface area contributed by atoms with Crippen LogP contribution in [0.1, 0.15) is 19.3 Å². The summed E-state index contributed by atoms with van der Waals surface area (Å²) in [7, 11) is 2.12. The summed E-state index contributed by atoms with van der Waals surface area (Å²) >= 11 is 0. The second kappa shape index (κ2) is 8.08. The third-order valence-electron chi connectivity index (χ3n) is 4.73. The van der Waals surface area contributed by atoms with Crippen LogP contribution in [0.4, 0.5) is 0 Å². The van der Waals surface area contributed by atoms with E-state index in [0.717, 1.165) is 45.4 Å². The van der Waals surface area contributed by atoms with E-state index in [0.29, 0.717) is 26.3 Å². The molecule has 2 aliphatic heterocycles. The minimum atomic E-state index is -0.188. The van der Waals surface area contributed by atoms with Crippen LogP contribution in [0.5, 0.6) is 0 Å². The van der Waals surface area contributed by atoms with E-state index in [9.17, 15) is 9.90 Å².